The van der Waals surface area contributed by atoms with E-state index in [1.807, 2.05) is 5.38 Å². The Morgan fingerprint density at radius 2 is 2.19 bits per heavy atom. The van der Waals surface area contributed by atoms with E-state index in [1.165, 1.54) is 27.0 Å². The number of thiazole rings is 1. The lowest BCUT2D eigenvalue weighted by atomic mass is 10.7. The lowest BCUT2D eigenvalue weighted by molar-refractivity contribution is 0.467. The number of hydrogen-bond acceptors (Lipinski definition) is 5. The smallest absolute Gasteiger partial charge is 0.248 e. The Kier molecular flexibility index (Phi) is 3.38. The average Bonchev–Trinajstić information content (AvgIpc) is 2.89. The van der Waals surface area contributed by atoms with Crippen molar-refractivity contribution in [2.45, 2.75) is 10.8 Å². The summed E-state index contributed by atoms with van der Waals surface area (Å²) in [6, 6.07) is 3.34. The summed E-state index contributed by atoms with van der Waals surface area (Å²) in [7, 11) is -1.79. The summed E-state index contributed by atoms with van der Waals surface area (Å²) in [5.41, 5.74) is 0. The van der Waals surface area contributed by atoms with Gasteiger partial charge < -0.3 is 0 Å². The highest BCUT2D eigenvalue weighted by Gasteiger charge is 2.22. The van der Waals surface area contributed by atoms with Crippen LogP contribution in [-0.2, 0) is 16.6 Å². The predicted molar refractivity (Wildman–Crippen MR) is 65.1 cm³/mol. The Hall–Kier alpha value is -0.760. The molecule has 0 saturated heterocycles. The van der Waals surface area contributed by atoms with Gasteiger partial charge >= 0.3 is 0 Å². The van der Waals surface area contributed by atoms with E-state index in [-0.39, 0.29) is 0 Å². The average molecular weight is 274 g/mol. The molecule has 4 nitrogen and oxygen atoms in total. The molecule has 0 aliphatic heterocycles. The molecule has 0 aliphatic rings. The molecule has 0 bridgehead atoms. The van der Waals surface area contributed by atoms with E-state index in [2.05, 4.69) is 4.98 Å². The molecule has 0 saturated carbocycles. The second kappa shape index (κ2) is 4.62. The Morgan fingerprint density at radius 3 is 2.75 bits per heavy atom. The first-order valence-corrected chi connectivity index (χ1v) is 7.69. The Bertz CT molecular complexity index is 531. The number of rotatable bonds is 4. The van der Waals surface area contributed by atoms with Crippen LogP contribution in [0.2, 0.25) is 0 Å². The summed E-state index contributed by atoms with van der Waals surface area (Å²) in [5.74, 6) is 0. The molecule has 0 aliphatic carbocycles. The monoisotopic (exact) mass is 274 g/mol. The van der Waals surface area contributed by atoms with Crippen molar-refractivity contribution in [3.8, 4) is 0 Å². The molecule has 0 N–H and O–H groups in total. The van der Waals surface area contributed by atoms with Crippen molar-refractivity contribution in [1.29, 1.82) is 0 Å². The summed E-state index contributed by atoms with van der Waals surface area (Å²) < 4.78 is 25.7. The van der Waals surface area contributed by atoms with E-state index >= 15 is 0 Å². The maximum Gasteiger partial charge on any atom is 0.252 e. The van der Waals surface area contributed by atoms with Crippen LogP contribution in [0.3, 0.4) is 0 Å². The maximum atomic E-state index is 12.0. The molecule has 16 heavy (non-hydrogen) atoms. The quantitative estimate of drug-likeness (QED) is 0.857. The van der Waals surface area contributed by atoms with Gasteiger partial charge in [0.15, 0.2) is 0 Å². The van der Waals surface area contributed by atoms with E-state index in [0.717, 1.165) is 5.01 Å². The van der Waals surface area contributed by atoms with Crippen molar-refractivity contribution in [3.63, 3.8) is 0 Å². The fourth-order valence-electron chi connectivity index (χ4n) is 1.17. The van der Waals surface area contributed by atoms with Gasteiger partial charge in [0, 0.05) is 18.6 Å². The third kappa shape index (κ3) is 2.32. The summed E-state index contributed by atoms with van der Waals surface area (Å²) in [6.45, 7) is 0.317. The molecule has 0 radical (unpaired) electrons. The normalized spacial score (nSPS) is 12.1. The van der Waals surface area contributed by atoms with Gasteiger partial charge in [-0.15, -0.1) is 22.7 Å². The number of sulfonamides is 1. The Morgan fingerprint density at radius 1 is 1.38 bits per heavy atom. The van der Waals surface area contributed by atoms with Crippen molar-refractivity contribution in [2.75, 3.05) is 7.05 Å². The molecular weight excluding hydrogens is 264 g/mol. The van der Waals surface area contributed by atoms with Crippen LogP contribution in [0, 0.1) is 0 Å². The van der Waals surface area contributed by atoms with Gasteiger partial charge in [-0.2, -0.15) is 4.31 Å². The lowest BCUT2D eigenvalue weighted by Gasteiger charge is -2.14. The summed E-state index contributed by atoms with van der Waals surface area (Å²) in [4.78, 5) is 4.07. The van der Waals surface area contributed by atoms with Gasteiger partial charge in [-0.25, -0.2) is 13.4 Å². The van der Waals surface area contributed by atoms with E-state index in [9.17, 15) is 8.42 Å². The largest absolute Gasteiger partial charge is 0.252 e. The first-order valence-electron chi connectivity index (χ1n) is 4.49. The van der Waals surface area contributed by atoms with Crippen LogP contribution >= 0.6 is 22.7 Å². The zero-order chi connectivity index (χ0) is 11.6. The van der Waals surface area contributed by atoms with Gasteiger partial charge in [-0.05, 0) is 11.4 Å². The topological polar surface area (TPSA) is 50.3 Å². The van der Waals surface area contributed by atoms with Crippen molar-refractivity contribution in [1.82, 2.24) is 9.29 Å². The van der Waals surface area contributed by atoms with Gasteiger partial charge in [0.1, 0.15) is 9.22 Å². The first kappa shape index (κ1) is 11.7. The predicted octanol–water partition coefficient (Wildman–Crippen LogP) is 2.03. The lowest BCUT2D eigenvalue weighted by Crippen LogP contribution is -2.25. The fraction of sp³-hybridized carbons (Fsp3) is 0.222. The minimum atomic E-state index is -3.35. The van der Waals surface area contributed by atoms with E-state index < -0.39 is 10.0 Å². The molecule has 0 amide bonds. The molecule has 7 heteroatoms. The minimum absolute atomic E-state index is 0.317. The van der Waals surface area contributed by atoms with Crippen LogP contribution in [0.4, 0.5) is 0 Å². The zero-order valence-electron chi connectivity index (χ0n) is 8.53. The molecular formula is C9H10N2O2S3. The third-order valence-electron chi connectivity index (χ3n) is 2.00. The zero-order valence-corrected chi connectivity index (χ0v) is 11.0. The second-order valence-electron chi connectivity index (χ2n) is 3.12. The van der Waals surface area contributed by atoms with Crippen LogP contribution in [0.5, 0.6) is 0 Å². The van der Waals surface area contributed by atoms with Crippen LogP contribution < -0.4 is 0 Å². The highest BCUT2D eigenvalue weighted by Crippen LogP contribution is 2.21. The summed E-state index contributed by atoms with van der Waals surface area (Å²) in [6.07, 6.45) is 1.67. The maximum absolute atomic E-state index is 12.0. The van der Waals surface area contributed by atoms with Crippen molar-refractivity contribution in [3.05, 3.63) is 34.1 Å². The number of aromatic nitrogens is 1. The molecule has 86 valence electrons. The standard InChI is InChI=1S/C9H10N2O2S3/c1-11(7-8-10-4-6-14-8)16(12,13)9-3-2-5-15-9/h2-6H,7H2,1H3. The van der Waals surface area contributed by atoms with Crippen molar-refractivity contribution in [2.24, 2.45) is 0 Å². The van der Waals surface area contributed by atoms with Crippen LogP contribution in [0.15, 0.2) is 33.3 Å². The molecule has 0 atom stereocenters. The minimum Gasteiger partial charge on any atom is -0.248 e. The Balaban J connectivity index is 2.19. The van der Waals surface area contributed by atoms with Crippen molar-refractivity contribution >= 4 is 32.7 Å². The Labute approximate surface area is 102 Å². The van der Waals surface area contributed by atoms with Crippen LogP contribution in [-0.4, -0.2) is 24.8 Å². The van der Waals surface area contributed by atoms with Gasteiger partial charge in [-0.3, -0.25) is 0 Å². The molecule has 0 fully saturated rings. The van der Waals surface area contributed by atoms with Gasteiger partial charge in [0.05, 0.1) is 6.54 Å². The van der Waals surface area contributed by atoms with Gasteiger partial charge in [0.2, 0.25) is 0 Å². The molecule has 2 aromatic heterocycles. The van der Waals surface area contributed by atoms with Gasteiger partial charge in [-0.1, -0.05) is 6.07 Å². The van der Waals surface area contributed by atoms with E-state index in [0.29, 0.717) is 10.8 Å². The summed E-state index contributed by atoms with van der Waals surface area (Å²) >= 11 is 2.67. The SMILES string of the molecule is CN(Cc1nccs1)S(=O)(=O)c1cccs1. The highest BCUT2D eigenvalue weighted by atomic mass is 32.2. The van der Waals surface area contributed by atoms with Crippen molar-refractivity contribution < 1.29 is 8.42 Å². The molecule has 0 spiro atoms. The number of hydrogen-bond donors (Lipinski definition) is 0. The first-order chi connectivity index (χ1) is 7.60. The summed E-state index contributed by atoms with van der Waals surface area (Å²) in [5, 5.41) is 4.38. The van der Waals surface area contributed by atoms with E-state index in [4.69, 9.17) is 0 Å². The highest BCUT2D eigenvalue weighted by molar-refractivity contribution is 7.91. The number of thiophene rings is 1. The fourth-order valence-corrected chi connectivity index (χ4v) is 4.25. The second-order valence-corrected chi connectivity index (χ2v) is 7.32. The molecule has 0 aromatic carbocycles. The van der Waals surface area contributed by atoms with Gasteiger partial charge in [0.25, 0.3) is 10.0 Å². The molecule has 2 aromatic rings. The van der Waals surface area contributed by atoms with E-state index in [1.54, 1.807) is 30.8 Å². The molecule has 2 rings (SSSR count). The molecule has 0 unspecified atom stereocenters. The third-order valence-corrected chi connectivity index (χ3v) is 5.94. The molecule has 2 heterocycles. The number of nitrogens with zero attached hydrogens (tertiary/aromatic N) is 2. The van der Waals surface area contributed by atoms with Crippen LogP contribution in [0.25, 0.3) is 0 Å². The van der Waals surface area contributed by atoms with Crippen LogP contribution in [0.1, 0.15) is 5.01 Å².